The summed E-state index contributed by atoms with van der Waals surface area (Å²) < 4.78 is 28.8. The third-order valence-corrected chi connectivity index (χ3v) is 5.85. The van der Waals surface area contributed by atoms with Crippen molar-refractivity contribution in [3.8, 4) is 0 Å². The molecule has 2 atom stereocenters. The van der Waals surface area contributed by atoms with E-state index in [0.717, 1.165) is 5.56 Å². The first kappa shape index (κ1) is 25.5. The number of carbonyl (C=O) groups is 4. The summed E-state index contributed by atoms with van der Waals surface area (Å²) >= 11 is 0. The normalized spacial score (nSPS) is 15.0. The van der Waals surface area contributed by atoms with Gasteiger partial charge < -0.3 is 20.9 Å². The number of hydrogen-bond donors (Lipinski definition) is 4. The summed E-state index contributed by atoms with van der Waals surface area (Å²) in [5, 5.41) is 11.0. The minimum absolute atomic E-state index is 0.0648. The molecule has 11 nitrogen and oxygen atoms in total. The minimum Gasteiger partial charge on any atom is -0.481 e. The number of fused-ring (bicyclic) bond motifs is 1. The van der Waals surface area contributed by atoms with Gasteiger partial charge in [-0.1, -0.05) is 42.5 Å². The minimum atomic E-state index is -3.55. The number of hydrogen-bond acceptors (Lipinski definition) is 8. The van der Waals surface area contributed by atoms with Gasteiger partial charge in [0, 0.05) is 6.42 Å². The van der Waals surface area contributed by atoms with Crippen molar-refractivity contribution in [2.75, 3.05) is 7.11 Å². The molecule has 0 aromatic heterocycles. The van der Waals surface area contributed by atoms with E-state index in [-0.39, 0.29) is 16.9 Å². The Bertz CT molecular complexity index is 1140. The number of amides is 2. The van der Waals surface area contributed by atoms with Crippen LogP contribution in [0.25, 0.3) is 0 Å². The zero-order chi connectivity index (χ0) is 24.6. The molecule has 2 aromatic rings. The Morgan fingerprint density at radius 1 is 1.09 bits per heavy atom. The molecule has 0 saturated heterocycles. The van der Waals surface area contributed by atoms with Crippen molar-refractivity contribution in [3.05, 3.63) is 65.7 Å². The van der Waals surface area contributed by atoms with Crippen molar-refractivity contribution in [1.29, 1.82) is 0 Å². The van der Waals surface area contributed by atoms with E-state index in [2.05, 4.69) is 10.1 Å². The van der Waals surface area contributed by atoms with Crippen molar-refractivity contribution in [1.82, 2.24) is 10.0 Å². The van der Waals surface area contributed by atoms with Crippen LogP contribution >= 0.6 is 0 Å². The predicted octanol–water partition coefficient (Wildman–Crippen LogP) is -0.192. The highest BCUT2D eigenvalue weighted by atomic mass is 32.2. The number of sulfonamides is 1. The number of methoxy groups -OCH3 is 1. The van der Waals surface area contributed by atoms with E-state index in [0.29, 0.717) is 0 Å². The number of rotatable bonds is 7. The molecule has 33 heavy (non-hydrogen) atoms. The Kier molecular flexibility index (Phi) is 8.65. The van der Waals surface area contributed by atoms with Crippen LogP contribution < -0.4 is 15.8 Å². The summed E-state index contributed by atoms with van der Waals surface area (Å²) in [4.78, 5) is 45.1. The number of carboxylic acids is 1. The van der Waals surface area contributed by atoms with Gasteiger partial charge >= 0.3 is 11.9 Å². The second-order valence-electron chi connectivity index (χ2n) is 6.91. The highest BCUT2D eigenvalue weighted by molar-refractivity contribution is 7.90. The maximum absolute atomic E-state index is 11.8. The Morgan fingerprint density at radius 2 is 1.70 bits per heavy atom. The Morgan fingerprint density at radius 3 is 2.27 bits per heavy atom. The summed E-state index contributed by atoms with van der Waals surface area (Å²) in [5.41, 5.74) is 6.51. The number of carboxylic acid groups (broad SMARTS) is 1. The lowest BCUT2D eigenvalue weighted by Gasteiger charge is -2.18. The van der Waals surface area contributed by atoms with Crippen molar-refractivity contribution in [2.24, 2.45) is 5.73 Å². The molecule has 1 heterocycles. The largest absolute Gasteiger partial charge is 0.481 e. The molecule has 0 radical (unpaired) electrons. The van der Waals surface area contributed by atoms with Crippen molar-refractivity contribution in [2.45, 2.75) is 29.8 Å². The molecule has 176 valence electrons. The first-order valence-corrected chi connectivity index (χ1v) is 11.1. The average Bonchev–Trinajstić information content (AvgIpc) is 3.02. The smallest absolute Gasteiger partial charge is 0.328 e. The molecule has 12 heteroatoms. The Hall–Kier alpha value is -3.77. The average molecular weight is 477 g/mol. The third-order valence-electron chi connectivity index (χ3n) is 4.46. The van der Waals surface area contributed by atoms with Crippen LogP contribution in [-0.2, 0) is 35.6 Å². The van der Waals surface area contributed by atoms with Gasteiger partial charge in [-0.25, -0.2) is 17.9 Å². The van der Waals surface area contributed by atoms with Gasteiger partial charge in [0.15, 0.2) is 0 Å². The van der Waals surface area contributed by atoms with Crippen LogP contribution in [0.2, 0.25) is 0 Å². The molecule has 1 aliphatic rings. The van der Waals surface area contributed by atoms with Gasteiger partial charge in [0.1, 0.15) is 10.9 Å². The number of nitrogens with two attached hydrogens (primary N) is 1. The molecular formula is C21H23N3O8S. The quantitative estimate of drug-likeness (QED) is 0.393. The van der Waals surface area contributed by atoms with E-state index in [1.54, 1.807) is 24.3 Å². The summed E-state index contributed by atoms with van der Waals surface area (Å²) in [6, 6.07) is 13.0. The van der Waals surface area contributed by atoms with Gasteiger partial charge in [0.25, 0.3) is 15.9 Å². The Balaban J connectivity index is 0.000000268. The molecule has 3 rings (SSSR count). The molecule has 2 amide bonds. The number of benzene rings is 2. The zero-order valence-electron chi connectivity index (χ0n) is 17.6. The molecule has 0 bridgehead atoms. The highest BCUT2D eigenvalue weighted by Gasteiger charge is 2.31. The zero-order valence-corrected chi connectivity index (χ0v) is 18.4. The molecule has 0 saturated carbocycles. The van der Waals surface area contributed by atoms with Crippen LogP contribution in [0.5, 0.6) is 0 Å². The molecular weight excluding hydrogens is 454 g/mol. The van der Waals surface area contributed by atoms with Gasteiger partial charge in [-0.15, -0.1) is 0 Å². The lowest BCUT2D eigenvalue weighted by molar-refractivity contribution is -0.145. The predicted molar refractivity (Wildman–Crippen MR) is 115 cm³/mol. The number of nitrogens with one attached hydrogen (secondary N) is 2. The van der Waals surface area contributed by atoms with Crippen molar-refractivity contribution < 1.29 is 37.4 Å². The highest BCUT2D eigenvalue weighted by Crippen LogP contribution is 2.20. The summed E-state index contributed by atoms with van der Waals surface area (Å²) in [5.74, 6) is -3.06. The van der Waals surface area contributed by atoms with E-state index in [1.165, 1.54) is 19.2 Å². The number of carbonyl (C=O) groups excluding carboxylic acids is 3. The first-order valence-electron chi connectivity index (χ1n) is 9.61. The van der Waals surface area contributed by atoms with Gasteiger partial charge in [0.05, 0.1) is 25.1 Å². The summed E-state index contributed by atoms with van der Waals surface area (Å²) in [6.45, 7) is 0. The number of esters is 1. The van der Waals surface area contributed by atoms with Crippen molar-refractivity contribution in [3.63, 3.8) is 0 Å². The van der Waals surface area contributed by atoms with Crippen molar-refractivity contribution >= 4 is 33.8 Å². The fraction of sp³-hybridized carbons (Fsp3) is 0.238. The molecule has 0 aliphatic carbocycles. The van der Waals surface area contributed by atoms with Crippen LogP contribution in [0.3, 0.4) is 0 Å². The lowest BCUT2D eigenvalue weighted by Crippen LogP contribution is -2.50. The van der Waals surface area contributed by atoms with Gasteiger partial charge in [-0.05, 0) is 17.7 Å². The summed E-state index contributed by atoms with van der Waals surface area (Å²) in [7, 11) is -2.34. The SMILES string of the molecule is COC(=O)[C@H](Cc1ccccc1)NC(=O)[C@@H](N)CC(=O)O.O=C1NS(=O)(=O)c2ccccc21. The van der Waals surface area contributed by atoms with Crippen LogP contribution in [0.4, 0.5) is 0 Å². The Labute approximate surface area is 190 Å². The fourth-order valence-corrected chi connectivity index (χ4v) is 4.04. The summed E-state index contributed by atoms with van der Waals surface area (Å²) in [6.07, 6.45) is -0.274. The lowest BCUT2D eigenvalue weighted by atomic mass is 10.1. The molecule has 0 spiro atoms. The molecule has 0 unspecified atom stereocenters. The van der Waals surface area contributed by atoms with E-state index >= 15 is 0 Å². The van der Waals surface area contributed by atoms with E-state index in [9.17, 15) is 27.6 Å². The van der Waals surface area contributed by atoms with E-state index in [4.69, 9.17) is 10.8 Å². The van der Waals surface area contributed by atoms with Gasteiger partial charge in [-0.2, -0.15) is 0 Å². The third kappa shape index (κ3) is 7.12. The second-order valence-corrected chi connectivity index (χ2v) is 8.56. The molecule has 5 N–H and O–H groups in total. The molecule has 2 aromatic carbocycles. The van der Waals surface area contributed by atoms with E-state index in [1.807, 2.05) is 22.9 Å². The maximum atomic E-state index is 11.8. The topological polar surface area (TPSA) is 182 Å². The van der Waals surface area contributed by atoms with Crippen LogP contribution in [0.1, 0.15) is 22.3 Å². The van der Waals surface area contributed by atoms with Gasteiger partial charge in [-0.3, -0.25) is 14.4 Å². The second kappa shape index (κ2) is 11.2. The van der Waals surface area contributed by atoms with Crippen LogP contribution in [0.15, 0.2) is 59.5 Å². The monoisotopic (exact) mass is 477 g/mol. The molecule has 0 fully saturated rings. The first-order chi connectivity index (χ1) is 15.5. The van der Waals surface area contributed by atoms with Crippen LogP contribution in [-0.4, -0.2) is 56.5 Å². The van der Waals surface area contributed by atoms with E-state index < -0.39 is 52.3 Å². The number of aliphatic carboxylic acids is 1. The number of ether oxygens (including phenoxy) is 1. The standard InChI is InChI=1S/C14H18N2O5.C7H5NO3S/c1-21-14(20)11(7-9-5-3-2-4-6-9)16-13(19)10(15)8-12(17)18;9-7-5-3-1-2-4-6(5)12(10,11)8-7/h2-6,10-11H,7-8,15H2,1H3,(H,16,19)(H,17,18);1-4H,(H,8,9)/t10-,11-;/m0./s1. The maximum Gasteiger partial charge on any atom is 0.328 e. The van der Waals surface area contributed by atoms with Crippen LogP contribution in [0, 0.1) is 0 Å². The van der Waals surface area contributed by atoms with Gasteiger partial charge in [0.2, 0.25) is 5.91 Å². The fourth-order valence-electron chi connectivity index (χ4n) is 2.87. The molecule has 1 aliphatic heterocycles.